The van der Waals surface area contributed by atoms with Gasteiger partial charge in [0.15, 0.2) is 0 Å². The summed E-state index contributed by atoms with van der Waals surface area (Å²) in [5.74, 6) is -0.514. The Morgan fingerprint density at radius 3 is 0.952 bits per heavy atom. The first-order valence-electron chi connectivity index (χ1n) is 18.2. The van der Waals surface area contributed by atoms with Crippen LogP contribution >= 0.6 is 0 Å². The maximum Gasteiger partial charge on any atom is 0.303 e. The van der Waals surface area contributed by atoms with Crippen molar-refractivity contribution in [3.63, 3.8) is 0 Å². The van der Waals surface area contributed by atoms with Gasteiger partial charge in [0.05, 0.1) is 0 Å². The highest BCUT2D eigenvalue weighted by Crippen LogP contribution is 2.17. The molecule has 0 heterocycles. The summed E-state index contributed by atoms with van der Waals surface area (Å²) < 4.78 is 0. The number of carboxylic acids is 1. The Morgan fingerprint density at radius 2 is 0.667 bits per heavy atom. The quantitative estimate of drug-likeness (QED) is 0.0826. The number of carbonyl (C=O) groups is 2. The maximum atomic E-state index is 12.0. The Morgan fingerprint density at radius 1 is 0.405 bits per heavy atom. The molecule has 0 aromatic heterocycles. The van der Waals surface area contributed by atoms with Gasteiger partial charge in [0.1, 0.15) is 0 Å². The molecule has 0 bridgehead atoms. The molecule has 4 nitrogen and oxygen atoms in total. The van der Waals surface area contributed by atoms with Crippen molar-refractivity contribution >= 4 is 17.6 Å². The fraction of sp³-hybridized carbons (Fsp3) is 0.789. The van der Waals surface area contributed by atoms with Crippen LogP contribution < -0.4 is 5.32 Å². The summed E-state index contributed by atoms with van der Waals surface area (Å²) >= 11 is 0. The molecule has 0 aliphatic rings. The molecule has 0 aliphatic heterocycles. The standard InChI is InChI=1S/C38H67NO3/c40-37(39-36-32-28-27-29-33-36)34-30-25-23-21-19-17-15-13-11-9-7-5-3-1-2-4-6-8-10-12-14-16-18-20-22-24-26-31-35-38(41)42/h27-29,32-33H,1-26,30-31,34-35H2,(H,39,40)(H,41,42). The number of rotatable bonds is 32. The first-order valence-corrected chi connectivity index (χ1v) is 18.2. The minimum Gasteiger partial charge on any atom is -0.481 e. The highest BCUT2D eigenvalue weighted by molar-refractivity contribution is 5.90. The fourth-order valence-electron chi connectivity index (χ4n) is 5.90. The van der Waals surface area contributed by atoms with Crippen LogP contribution in [0.25, 0.3) is 0 Å². The van der Waals surface area contributed by atoms with Crippen LogP contribution in [0.4, 0.5) is 5.69 Å². The van der Waals surface area contributed by atoms with Crippen LogP contribution in [0.2, 0.25) is 0 Å². The first kappa shape index (κ1) is 38.2. The summed E-state index contributed by atoms with van der Waals surface area (Å²) in [7, 11) is 0. The van der Waals surface area contributed by atoms with Crippen molar-refractivity contribution in [2.24, 2.45) is 0 Å². The number of aliphatic carboxylic acids is 1. The summed E-state index contributed by atoms with van der Waals surface area (Å²) in [4.78, 5) is 22.4. The first-order chi connectivity index (χ1) is 20.7. The molecule has 1 rings (SSSR count). The summed E-state index contributed by atoms with van der Waals surface area (Å²) in [6, 6.07) is 9.74. The zero-order valence-corrected chi connectivity index (χ0v) is 27.4. The van der Waals surface area contributed by atoms with Gasteiger partial charge in [-0.1, -0.05) is 185 Å². The van der Waals surface area contributed by atoms with Crippen molar-refractivity contribution in [1.82, 2.24) is 0 Å². The molecule has 4 heteroatoms. The van der Waals surface area contributed by atoms with E-state index < -0.39 is 5.97 Å². The van der Waals surface area contributed by atoms with Gasteiger partial charge < -0.3 is 10.4 Å². The molecular formula is C38H67NO3. The molecule has 42 heavy (non-hydrogen) atoms. The molecule has 0 saturated heterocycles. The number of carboxylic acid groups (broad SMARTS) is 1. The number of nitrogens with one attached hydrogen (secondary N) is 1. The summed E-state index contributed by atoms with van der Waals surface area (Å²) in [6.07, 6.45) is 38.3. The van der Waals surface area contributed by atoms with E-state index >= 15 is 0 Å². The molecular weight excluding hydrogens is 518 g/mol. The molecule has 1 aromatic carbocycles. The second kappa shape index (κ2) is 30.6. The van der Waals surface area contributed by atoms with Gasteiger partial charge >= 0.3 is 5.97 Å². The van der Waals surface area contributed by atoms with Crippen molar-refractivity contribution in [2.75, 3.05) is 5.32 Å². The molecule has 242 valence electrons. The minimum absolute atomic E-state index is 0.141. The third-order valence-corrected chi connectivity index (χ3v) is 8.60. The number of carbonyl (C=O) groups excluding carboxylic acids is 1. The van der Waals surface area contributed by atoms with Crippen LogP contribution in [0, 0.1) is 0 Å². The highest BCUT2D eigenvalue weighted by Gasteiger charge is 2.02. The van der Waals surface area contributed by atoms with Crippen LogP contribution in [-0.2, 0) is 9.59 Å². The van der Waals surface area contributed by atoms with Gasteiger partial charge in [0.25, 0.3) is 0 Å². The molecule has 0 unspecified atom stereocenters. The van der Waals surface area contributed by atoms with E-state index in [1.54, 1.807) is 0 Å². The topological polar surface area (TPSA) is 66.4 Å². The lowest BCUT2D eigenvalue weighted by Gasteiger charge is -2.05. The van der Waals surface area contributed by atoms with E-state index in [-0.39, 0.29) is 5.91 Å². The Labute approximate surface area is 260 Å². The Kier molecular flexibility index (Phi) is 27.8. The third-order valence-electron chi connectivity index (χ3n) is 8.60. The molecule has 0 spiro atoms. The lowest BCUT2D eigenvalue weighted by Crippen LogP contribution is -2.10. The van der Waals surface area contributed by atoms with Gasteiger partial charge in [-0.25, -0.2) is 0 Å². The number of anilines is 1. The number of hydrogen-bond donors (Lipinski definition) is 2. The molecule has 1 aromatic rings. The van der Waals surface area contributed by atoms with E-state index in [4.69, 9.17) is 5.11 Å². The molecule has 0 saturated carbocycles. The van der Waals surface area contributed by atoms with Crippen molar-refractivity contribution in [3.05, 3.63) is 30.3 Å². The normalized spacial score (nSPS) is 11.1. The second-order valence-electron chi connectivity index (χ2n) is 12.7. The van der Waals surface area contributed by atoms with Crippen molar-refractivity contribution in [3.8, 4) is 0 Å². The van der Waals surface area contributed by atoms with Gasteiger partial charge in [-0.3, -0.25) is 9.59 Å². The maximum absolute atomic E-state index is 12.0. The number of benzene rings is 1. The molecule has 1 amide bonds. The number of amides is 1. The van der Waals surface area contributed by atoms with Gasteiger partial charge in [-0.2, -0.15) is 0 Å². The highest BCUT2D eigenvalue weighted by atomic mass is 16.4. The van der Waals surface area contributed by atoms with Gasteiger partial charge in [0.2, 0.25) is 5.91 Å². The summed E-state index contributed by atoms with van der Waals surface area (Å²) in [6.45, 7) is 0. The predicted molar refractivity (Wildman–Crippen MR) is 181 cm³/mol. The largest absolute Gasteiger partial charge is 0.481 e. The summed E-state index contributed by atoms with van der Waals surface area (Å²) in [5.41, 5.74) is 0.898. The van der Waals surface area contributed by atoms with E-state index in [9.17, 15) is 9.59 Å². The Bertz CT molecular complexity index is 720. The fourth-order valence-corrected chi connectivity index (χ4v) is 5.90. The van der Waals surface area contributed by atoms with Gasteiger partial charge in [-0.05, 0) is 25.0 Å². The van der Waals surface area contributed by atoms with Crippen LogP contribution in [0.1, 0.15) is 193 Å². The van der Waals surface area contributed by atoms with Crippen molar-refractivity contribution in [1.29, 1.82) is 0 Å². The van der Waals surface area contributed by atoms with E-state index in [0.717, 1.165) is 24.9 Å². The number of para-hydroxylation sites is 1. The van der Waals surface area contributed by atoms with E-state index in [0.29, 0.717) is 12.8 Å². The molecule has 2 N–H and O–H groups in total. The van der Waals surface area contributed by atoms with Crippen LogP contribution in [0.3, 0.4) is 0 Å². The van der Waals surface area contributed by atoms with Crippen LogP contribution in [-0.4, -0.2) is 17.0 Å². The Balaban J connectivity index is 1.65. The molecule has 0 radical (unpaired) electrons. The SMILES string of the molecule is O=C(O)CCCCCCCCCCCCCCCCCCCCCCCCCCCCCCC(=O)Nc1ccccc1. The lowest BCUT2D eigenvalue weighted by molar-refractivity contribution is -0.137. The smallest absolute Gasteiger partial charge is 0.303 e. The van der Waals surface area contributed by atoms with E-state index in [1.807, 2.05) is 30.3 Å². The zero-order valence-electron chi connectivity index (χ0n) is 27.4. The molecule has 0 fully saturated rings. The van der Waals surface area contributed by atoms with Gasteiger partial charge in [0, 0.05) is 18.5 Å². The van der Waals surface area contributed by atoms with Crippen molar-refractivity contribution in [2.45, 2.75) is 193 Å². The second-order valence-corrected chi connectivity index (χ2v) is 12.7. The average Bonchev–Trinajstić information content (AvgIpc) is 2.98. The van der Waals surface area contributed by atoms with Gasteiger partial charge in [-0.15, -0.1) is 0 Å². The van der Waals surface area contributed by atoms with E-state index in [2.05, 4.69) is 5.32 Å². The zero-order chi connectivity index (χ0) is 30.2. The third kappa shape index (κ3) is 28.3. The lowest BCUT2D eigenvalue weighted by atomic mass is 10.0. The summed E-state index contributed by atoms with van der Waals surface area (Å²) in [5, 5.41) is 11.6. The van der Waals surface area contributed by atoms with Crippen LogP contribution in [0.5, 0.6) is 0 Å². The number of unbranched alkanes of at least 4 members (excludes halogenated alkanes) is 27. The average molecular weight is 586 g/mol. The van der Waals surface area contributed by atoms with E-state index in [1.165, 1.54) is 161 Å². The molecule has 0 aliphatic carbocycles. The number of hydrogen-bond acceptors (Lipinski definition) is 2. The monoisotopic (exact) mass is 586 g/mol. The predicted octanol–water partition coefficient (Wildman–Crippen LogP) is 12.4. The Hall–Kier alpha value is -1.84. The van der Waals surface area contributed by atoms with Crippen molar-refractivity contribution < 1.29 is 14.7 Å². The minimum atomic E-state index is -0.655. The van der Waals surface area contributed by atoms with Crippen LogP contribution in [0.15, 0.2) is 30.3 Å². The molecule has 0 atom stereocenters.